The summed E-state index contributed by atoms with van der Waals surface area (Å²) in [6, 6.07) is 26.0. The molecule has 10 heteroatoms. The highest BCUT2D eigenvalue weighted by Crippen LogP contribution is 2.27. The van der Waals surface area contributed by atoms with E-state index in [-0.39, 0.29) is 35.2 Å². The number of sulfonamides is 1. The van der Waals surface area contributed by atoms with Gasteiger partial charge in [0, 0.05) is 24.6 Å². The van der Waals surface area contributed by atoms with Crippen molar-refractivity contribution < 1.29 is 26.8 Å². The highest BCUT2D eigenvalue weighted by Gasteiger charge is 2.35. The van der Waals surface area contributed by atoms with Crippen molar-refractivity contribution in [3.05, 3.63) is 132 Å². The molecule has 1 unspecified atom stereocenters. The molecule has 43 heavy (non-hydrogen) atoms. The Balaban J connectivity index is 1.82. The summed E-state index contributed by atoms with van der Waals surface area (Å²) in [5.74, 6) is -2.75. The van der Waals surface area contributed by atoms with Gasteiger partial charge in [-0.3, -0.25) is 13.9 Å². The Kier molecular flexibility index (Phi) is 10.3. The first-order chi connectivity index (χ1) is 20.6. The average molecular weight is 606 g/mol. The molecule has 1 atom stereocenters. The van der Waals surface area contributed by atoms with Crippen LogP contribution in [0.5, 0.6) is 0 Å². The summed E-state index contributed by atoms with van der Waals surface area (Å²) in [6.45, 7) is 2.37. The standard InChI is InChI=1S/C33H33F2N3O4S/c1-24(2)36-33(40)31(21-25-13-5-3-6-14-25)37(22-26-15-9-10-18-28(26)34)32(39)23-38(30-20-12-11-19-29(30)35)43(41,42)27-16-7-4-8-17-27/h3-20,24,31H,21-23H2,1-2H3,(H,36,40). The van der Waals surface area contributed by atoms with Crippen molar-refractivity contribution >= 4 is 27.5 Å². The third-order valence-corrected chi connectivity index (χ3v) is 8.51. The Labute approximate surface area is 250 Å². The summed E-state index contributed by atoms with van der Waals surface area (Å²) in [7, 11) is -4.44. The summed E-state index contributed by atoms with van der Waals surface area (Å²) in [5, 5.41) is 2.83. The van der Waals surface area contributed by atoms with Gasteiger partial charge in [-0.1, -0.05) is 78.9 Å². The molecule has 0 bridgehead atoms. The zero-order chi connectivity index (χ0) is 31.0. The van der Waals surface area contributed by atoms with E-state index in [4.69, 9.17) is 0 Å². The maximum Gasteiger partial charge on any atom is 0.264 e. The molecule has 1 N–H and O–H groups in total. The van der Waals surface area contributed by atoms with Crippen molar-refractivity contribution in [2.45, 2.75) is 43.8 Å². The average Bonchev–Trinajstić information content (AvgIpc) is 2.99. The summed E-state index contributed by atoms with van der Waals surface area (Å²) in [4.78, 5) is 28.9. The van der Waals surface area contributed by atoms with Crippen LogP contribution in [-0.4, -0.2) is 43.8 Å². The van der Waals surface area contributed by atoms with Crippen LogP contribution >= 0.6 is 0 Å². The van der Waals surface area contributed by atoms with Crippen LogP contribution in [-0.2, 0) is 32.6 Å². The van der Waals surface area contributed by atoms with Gasteiger partial charge in [0.15, 0.2) is 0 Å². The fourth-order valence-corrected chi connectivity index (χ4v) is 6.07. The number of carbonyl (C=O) groups excluding carboxylic acids is 2. The Hall–Kier alpha value is -4.57. The smallest absolute Gasteiger partial charge is 0.264 e. The second-order valence-corrected chi connectivity index (χ2v) is 12.1. The second-order valence-electron chi connectivity index (χ2n) is 10.3. The molecule has 4 aromatic carbocycles. The molecule has 0 aliphatic rings. The predicted octanol–water partition coefficient (Wildman–Crippen LogP) is 5.32. The van der Waals surface area contributed by atoms with Gasteiger partial charge in [0.1, 0.15) is 24.2 Å². The van der Waals surface area contributed by atoms with Crippen LogP contribution in [0.3, 0.4) is 0 Å². The van der Waals surface area contributed by atoms with Crippen LogP contribution in [0.1, 0.15) is 25.0 Å². The zero-order valence-electron chi connectivity index (χ0n) is 23.9. The molecule has 0 heterocycles. The monoisotopic (exact) mass is 605 g/mol. The normalized spacial score (nSPS) is 12.0. The molecular formula is C33H33F2N3O4S. The van der Waals surface area contributed by atoms with E-state index in [1.54, 1.807) is 50.2 Å². The first-order valence-corrected chi connectivity index (χ1v) is 15.2. The van der Waals surface area contributed by atoms with Gasteiger partial charge in [0.05, 0.1) is 10.6 Å². The number of nitrogens with one attached hydrogen (secondary N) is 1. The van der Waals surface area contributed by atoms with E-state index >= 15 is 4.39 Å². The fraction of sp³-hybridized carbons (Fsp3) is 0.212. The lowest BCUT2D eigenvalue weighted by Gasteiger charge is -2.34. The molecular weight excluding hydrogens is 572 g/mol. The molecule has 0 fully saturated rings. The summed E-state index contributed by atoms with van der Waals surface area (Å²) >= 11 is 0. The molecule has 7 nitrogen and oxygen atoms in total. The number of carbonyl (C=O) groups is 2. The van der Waals surface area contributed by atoms with Gasteiger partial charge < -0.3 is 10.2 Å². The lowest BCUT2D eigenvalue weighted by molar-refractivity contribution is -0.140. The Morgan fingerprint density at radius 2 is 1.33 bits per heavy atom. The molecule has 0 aromatic heterocycles. The second kappa shape index (κ2) is 14.1. The fourth-order valence-electron chi connectivity index (χ4n) is 4.63. The minimum atomic E-state index is -4.44. The van der Waals surface area contributed by atoms with Crippen LogP contribution in [0.25, 0.3) is 0 Å². The van der Waals surface area contributed by atoms with Crippen molar-refractivity contribution in [1.29, 1.82) is 0 Å². The molecule has 4 aromatic rings. The molecule has 2 amide bonds. The number of para-hydroxylation sites is 1. The first kappa shape index (κ1) is 31.4. The van der Waals surface area contributed by atoms with E-state index in [0.29, 0.717) is 4.31 Å². The van der Waals surface area contributed by atoms with Crippen molar-refractivity contribution in [3.8, 4) is 0 Å². The first-order valence-electron chi connectivity index (χ1n) is 13.8. The summed E-state index contributed by atoms with van der Waals surface area (Å²) in [6.07, 6.45) is 0.0741. The van der Waals surface area contributed by atoms with E-state index < -0.39 is 46.1 Å². The van der Waals surface area contributed by atoms with Crippen molar-refractivity contribution in [2.24, 2.45) is 0 Å². The van der Waals surface area contributed by atoms with Gasteiger partial charge in [-0.15, -0.1) is 0 Å². The predicted molar refractivity (Wildman–Crippen MR) is 162 cm³/mol. The van der Waals surface area contributed by atoms with E-state index in [1.807, 2.05) is 6.07 Å². The summed E-state index contributed by atoms with van der Waals surface area (Å²) < 4.78 is 58.4. The van der Waals surface area contributed by atoms with Gasteiger partial charge in [0.25, 0.3) is 10.0 Å². The van der Waals surface area contributed by atoms with Gasteiger partial charge in [-0.2, -0.15) is 0 Å². The van der Waals surface area contributed by atoms with E-state index in [1.165, 1.54) is 60.7 Å². The van der Waals surface area contributed by atoms with E-state index in [2.05, 4.69) is 5.32 Å². The minimum Gasteiger partial charge on any atom is -0.352 e. The number of benzene rings is 4. The van der Waals surface area contributed by atoms with Gasteiger partial charge in [-0.05, 0) is 49.7 Å². The Morgan fingerprint density at radius 3 is 1.93 bits per heavy atom. The third-order valence-electron chi connectivity index (χ3n) is 6.73. The number of rotatable bonds is 12. The molecule has 0 radical (unpaired) electrons. The number of anilines is 1. The highest BCUT2D eigenvalue weighted by molar-refractivity contribution is 7.92. The number of nitrogens with zero attached hydrogens (tertiary/aromatic N) is 2. The number of hydrogen-bond donors (Lipinski definition) is 1. The Bertz CT molecular complexity index is 1650. The lowest BCUT2D eigenvalue weighted by atomic mass is 10.0. The maximum atomic E-state index is 15.1. The minimum absolute atomic E-state index is 0.0741. The van der Waals surface area contributed by atoms with Gasteiger partial charge in [0.2, 0.25) is 11.8 Å². The van der Waals surface area contributed by atoms with Crippen molar-refractivity contribution in [1.82, 2.24) is 10.2 Å². The SMILES string of the molecule is CC(C)NC(=O)C(Cc1ccccc1)N(Cc1ccccc1F)C(=O)CN(c1ccccc1F)S(=O)(=O)c1ccccc1. The van der Waals surface area contributed by atoms with Gasteiger partial charge in [-0.25, -0.2) is 17.2 Å². The number of halogens is 2. The van der Waals surface area contributed by atoms with E-state index in [0.717, 1.165) is 16.5 Å². The molecule has 224 valence electrons. The van der Waals surface area contributed by atoms with Crippen LogP contribution in [0.2, 0.25) is 0 Å². The topological polar surface area (TPSA) is 86.8 Å². The molecule has 0 spiro atoms. The van der Waals surface area contributed by atoms with Gasteiger partial charge >= 0.3 is 0 Å². The van der Waals surface area contributed by atoms with Crippen LogP contribution in [0.15, 0.2) is 114 Å². The maximum absolute atomic E-state index is 15.1. The Morgan fingerprint density at radius 1 is 0.767 bits per heavy atom. The van der Waals surface area contributed by atoms with Crippen molar-refractivity contribution in [3.63, 3.8) is 0 Å². The summed E-state index contributed by atoms with van der Waals surface area (Å²) in [5.41, 5.74) is 0.534. The molecule has 0 aliphatic heterocycles. The van der Waals surface area contributed by atoms with Crippen LogP contribution in [0, 0.1) is 11.6 Å². The quantitative estimate of drug-likeness (QED) is 0.237. The van der Waals surface area contributed by atoms with Crippen molar-refractivity contribution in [2.75, 3.05) is 10.8 Å². The number of hydrogen-bond acceptors (Lipinski definition) is 4. The molecule has 0 saturated carbocycles. The lowest BCUT2D eigenvalue weighted by Crippen LogP contribution is -2.54. The molecule has 4 rings (SSSR count). The zero-order valence-corrected chi connectivity index (χ0v) is 24.7. The highest BCUT2D eigenvalue weighted by atomic mass is 32.2. The van der Waals surface area contributed by atoms with Crippen LogP contribution < -0.4 is 9.62 Å². The van der Waals surface area contributed by atoms with E-state index in [9.17, 15) is 22.4 Å². The molecule has 0 aliphatic carbocycles. The third kappa shape index (κ3) is 7.84. The molecule has 0 saturated heterocycles. The largest absolute Gasteiger partial charge is 0.352 e. The number of amides is 2. The van der Waals surface area contributed by atoms with Crippen LogP contribution in [0.4, 0.5) is 14.5 Å².